The van der Waals surface area contributed by atoms with E-state index in [1.807, 2.05) is 6.92 Å². The summed E-state index contributed by atoms with van der Waals surface area (Å²) >= 11 is 0. The highest BCUT2D eigenvalue weighted by atomic mass is 19.1. The lowest BCUT2D eigenvalue weighted by Crippen LogP contribution is -2.14. The smallest absolute Gasteiger partial charge is 0.323 e. The number of hydrogen-bond acceptors (Lipinski definition) is 7. The van der Waals surface area contributed by atoms with Crippen LogP contribution in [0.5, 0.6) is 6.01 Å². The number of benzene rings is 1. The Morgan fingerprint density at radius 3 is 2.50 bits per heavy atom. The van der Waals surface area contributed by atoms with E-state index in [0.717, 1.165) is 5.56 Å². The highest BCUT2D eigenvalue weighted by Crippen LogP contribution is 2.12. The van der Waals surface area contributed by atoms with E-state index in [1.165, 1.54) is 12.1 Å². The number of hydrogen-bond donors (Lipinski definition) is 3. The van der Waals surface area contributed by atoms with Crippen molar-refractivity contribution in [3.05, 3.63) is 35.6 Å². The maximum atomic E-state index is 12.8. The van der Waals surface area contributed by atoms with Crippen LogP contribution in [-0.2, 0) is 6.54 Å². The Balaban J connectivity index is 2.07. The molecule has 0 bridgehead atoms. The van der Waals surface area contributed by atoms with Gasteiger partial charge in [-0.15, -0.1) is 0 Å². The maximum absolute atomic E-state index is 12.8. The number of hydrazine groups is 1. The highest BCUT2D eigenvalue weighted by molar-refractivity contribution is 5.35. The third-order valence-corrected chi connectivity index (χ3v) is 2.38. The quantitative estimate of drug-likeness (QED) is 0.541. The molecule has 0 saturated carbocycles. The largest absolute Gasteiger partial charge is 0.464 e. The Morgan fingerprint density at radius 2 is 1.85 bits per heavy atom. The van der Waals surface area contributed by atoms with Crippen molar-refractivity contribution >= 4 is 11.9 Å². The summed E-state index contributed by atoms with van der Waals surface area (Å²) in [7, 11) is 0. The fourth-order valence-electron chi connectivity index (χ4n) is 1.48. The molecule has 7 nitrogen and oxygen atoms in total. The summed E-state index contributed by atoms with van der Waals surface area (Å²) in [5, 5.41) is 2.99. The first-order valence-electron chi connectivity index (χ1n) is 6.05. The second-order valence-electron chi connectivity index (χ2n) is 3.82. The van der Waals surface area contributed by atoms with Crippen LogP contribution in [0.2, 0.25) is 0 Å². The number of nitrogen functional groups attached to an aromatic ring is 1. The Labute approximate surface area is 115 Å². The first kappa shape index (κ1) is 13.9. The van der Waals surface area contributed by atoms with Crippen LogP contribution in [0.1, 0.15) is 12.5 Å². The van der Waals surface area contributed by atoms with E-state index >= 15 is 0 Å². The molecule has 106 valence electrons. The average molecular weight is 278 g/mol. The fraction of sp³-hybridized carbons (Fsp3) is 0.250. The van der Waals surface area contributed by atoms with Crippen LogP contribution in [0.15, 0.2) is 24.3 Å². The van der Waals surface area contributed by atoms with Gasteiger partial charge in [0, 0.05) is 6.54 Å². The maximum Gasteiger partial charge on any atom is 0.323 e. The minimum absolute atomic E-state index is 0.178. The normalized spacial score (nSPS) is 10.2. The van der Waals surface area contributed by atoms with Gasteiger partial charge in [0.05, 0.1) is 6.61 Å². The highest BCUT2D eigenvalue weighted by Gasteiger charge is 2.06. The summed E-state index contributed by atoms with van der Waals surface area (Å²) in [4.78, 5) is 12.1. The standard InChI is InChI=1S/C12H15FN6O/c1-2-20-12-17-10(16-11(18-12)19-14)15-7-8-3-5-9(13)6-4-8/h3-6H,2,7,14H2,1H3,(H2,15,16,17,18,19). The number of halogens is 1. The van der Waals surface area contributed by atoms with E-state index in [0.29, 0.717) is 19.1 Å². The first-order chi connectivity index (χ1) is 9.71. The minimum Gasteiger partial charge on any atom is -0.464 e. The van der Waals surface area contributed by atoms with E-state index in [4.69, 9.17) is 10.6 Å². The predicted octanol–water partition coefficient (Wildman–Crippen LogP) is 1.31. The van der Waals surface area contributed by atoms with E-state index in [2.05, 4.69) is 25.7 Å². The summed E-state index contributed by atoms with van der Waals surface area (Å²) in [5.74, 6) is 5.52. The summed E-state index contributed by atoms with van der Waals surface area (Å²) in [6, 6.07) is 6.31. The van der Waals surface area contributed by atoms with Gasteiger partial charge in [-0.2, -0.15) is 15.0 Å². The van der Waals surface area contributed by atoms with Gasteiger partial charge >= 0.3 is 6.01 Å². The molecule has 0 saturated heterocycles. The summed E-state index contributed by atoms with van der Waals surface area (Å²) in [5.41, 5.74) is 3.24. The zero-order valence-corrected chi connectivity index (χ0v) is 10.9. The Kier molecular flexibility index (Phi) is 4.61. The number of nitrogens with one attached hydrogen (secondary N) is 2. The molecule has 1 aromatic carbocycles. The van der Waals surface area contributed by atoms with Crippen LogP contribution in [0, 0.1) is 5.82 Å². The van der Waals surface area contributed by atoms with E-state index in [-0.39, 0.29) is 17.8 Å². The van der Waals surface area contributed by atoms with Crippen LogP contribution < -0.4 is 21.3 Å². The van der Waals surface area contributed by atoms with Gasteiger partial charge in [-0.25, -0.2) is 10.2 Å². The number of nitrogens with two attached hydrogens (primary N) is 1. The molecule has 0 aliphatic heterocycles. The molecule has 0 fully saturated rings. The fourth-order valence-corrected chi connectivity index (χ4v) is 1.48. The van der Waals surface area contributed by atoms with Crippen molar-refractivity contribution in [1.82, 2.24) is 15.0 Å². The monoisotopic (exact) mass is 278 g/mol. The number of anilines is 2. The van der Waals surface area contributed by atoms with Gasteiger partial charge < -0.3 is 10.1 Å². The number of nitrogens with zero attached hydrogens (tertiary/aromatic N) is 3. The van der Waals surface area contributed by atoms with Crippen molar-refractivity contribution in [3.8, 4) is 6.01 Å². The molecule has 1 heterocycles. The summed E-state index contributed by atoms with van der Waals surface area (Å²) in [6.07, 6.45) is 0. The molecular weight excluding hydrogens is 263 g/mol. The third-order valence-electron chi connectivity index (χ3n) is 2.38. The lowest BCUT2D eigenvalue weighted by atomic mass is 10.2. The van der Waals surface area contributed by atoms with Crippen molar-refractivity contribution in [3.63, 3.8) is 0 Å². The van der Waals surface area contributed by atoms with Crippen molar-refractivity contribution in [1.29, 1.82) is 0 Å². The third kappa shape index (κ3) is 3.75. The SMILES string of the molecule is CCOc1nc(NN)nc(NCc2ccc(F)cc2)n1. The van der Waals surface area contributed by atoms with Crippen molar-refractivity contribution < 1.29 is 9.13 Å². The van der Waals surface area contributed by atoms with Crippen LogP contribution >= 0.6 is 0 Å². The second kappa shape index (κ2) is 6.62. The molecule has 2 rings (SSSR count). The van der Waals surface area contributed by atoms with Gasteiger partial charge in [-0.1, -0.05) is 12.1 Å². The molecule has 2 aromatic rings. The van der Waals surface area contributed by atoms with Crippen LogP contribution in [0.4, 0.5) is 16.3 Å². The van der Waals surface area contributed by atoms with Gasteiger partial charge in [-0.05, 0) is 24.6 Å². The van der Waals surface area contributed by atoms with Gasteiger partial charge in [0.2, 0.25) is 11.9 Å². The molecule has 0 spiro atoms. The lowest BCUT2D eigenvalue weighted by molar-refractivity contribution is 0.312. The number of aromatic nitrogens is 3. The van der Waals surface area contributed by atoms with E-state index in [1.54, 1.807) is 12.1 Å². The van der Waals surface area contributed by atoms with Gasteiger partial charge in [-0.3, -0.25) is 5.43 Å². The van der Waals surface area contributed by atoms with E-state index < -0.39 is 0 Å². The van der Waals surface area contributed by atoms with Crippen LogP contribution in [0.25, 0.3) is 0 Å². The zero-order chi connectivity index (χ0) is 14.4. The topological polar surface area (TPSA) is 98.0 Å². The Morgan fingerprint density at radius 1 is 1.15 bits per heavy atom. The molecule has 0 atom stereocenters. The summed E-state index contributed by atoms with van der Waals surface area (Å²) < 4.78 is 18.0. The molecule has 0 aliphatic carbocycles. The summed E-state index contributed by atoms with van der Waals surface area (Å²) in [6.45, 7) is 2.70. The molecule has 0 aliphatic rings. The predicted molar refractivity (Wildman–Crippen MR) is 72.5 cm³/mol. The van der Waals surface area contributed by atoms with Gasteiger partial charge in [0.1, 0.15) is 5.82 Å². The molecule has 1 aromatic heterocycles. The zero-order valence-electron chi connectivity index (χ0n) is 10.9. The second-order valence-corrected chi connectivity index (χ2v) is 3.82. The Bertz CT molecular complexity index is 562. The molecule has 0 amide bonds. The van der Waals surface area contributed by atoms with Crippen molar-refractivity contribution in [2.75, 3.05) is 17.3 Å². The molecule has 0 unspecified atom stereocenters. The molecule has 0 radical (unpaired) electrons. The van der Waals surface area contributed by atoms with Crippen molar-refractivity contribution in [2.24, 2.45) is 5.84 Å². The van der Waals surface area contributed by atoms with Gasteiger partial charge in [0.25, 0.3) is 0 Å². The molecular formula is C12H15FN6O. The van der Waals surface area contributed by atoms with Crippen molar-refractivity contribution in [2.45, 2.75) is 13.5 Å². The average Bonchev–Trinajstić information content (AvgIpc) is 2.47. The Hall–Kier alpha value is -2.48. The molecule has 8 heteroatoms. The first-order valence-corrected chi connectivity index (χ1v) is 6.05. The van der Waals surface area contributed by atoms with E-state index in [9.17, 15) is 4.39 Å². The van der Waals surface area contributed by atoms with Crippen LogP contribution in [0.3, 0.4) is 0 Å². The lowest BCUT2D eigenvalue weighted by Gasteiger charge is -2.08. The number of rotatable bonds is 6. The van der Waals surface area contributed by atoms with Crippen LogP contribution in [-0.4, -0.2) is 21.6 Å². The minimum atomic E-state index is -0.276. The molecule has 4 N–H and O–H groups in total. The number of ether oxygens (including phenoxy) is 1. The van der Waals surface area contributed by atoms with Gasteiger partial charge in [0.15, 0.2) is 0 Å². The molecule has 20 heavy (non-hydrogen) atoms.